The van der Waals surface area contributed by atoms with Crippen molar-refractivity contribution in [3.8, 4) is 11.1 Å². The molecule has 4 fully saturated rings. The number of hydrogen-bond donors (Lipinski definition) is 0. The number of rotatable bonds is 20. The molecule has 0 spiro atoms. The van der Waals surface area contributed by atoms with Crippen molar-refractivity contribution in [2.45, 2.75) is 170 Å². The highest BCUT2D eigenvalue weighted by atomic mass is 35.5. The van der Waals surface area contributed by atoms with Crippen LogP contribution in [0.4, 0.5) is 4.79 Å². The predicted molar refractivity (Wildman–Crippen MR) is 297 cm³/mol. The molecule has 406 valence electrons. The average Bonchev–Trinajstić information content (AvgIpc) is 3.61. The lowest BCUT2D eigenvalue weighted by molar-refractivity contribution is -0.248. The third-order valence-electron chi connectivity index (χ3n) is 15.3. The number of ether oxygens (including phenoxy) is 3. The van der Waals surface area contributed by atoms with Crippen LogP contribution in [0.25, 0.3) is 11.1 Å². The van der Waals surface area contributed by atoms with Crippen LogP contribution in [-0.2, 0) is 39.5 Å². The molecule has 15 heteroatoms. The number of amides is 1. The molecule has 0 saturated heterocycles. The van der Waals surface area contributed by atoms with Crippen molar-refractivity contribution in [3.63, 3.8) is 0 Å². The number of carbonyl (C=O) groups is 2. The summed E-state index contributed by atoms with van der Waals surface area (Å²) in [7, 11) is -6.84. The van der Waals surface area contributed by atoms with Gasteiger partial charge < -0.3 is 28.1 Å². The largest absolute Gasteiger partial charge is 0.455 e. The van der Waals surface area contributed by atoms with Crippen molar-refractivity contribution in [1.82, 2.24) is 14.5 Å². The van der Waals surface area contributed by atoms with Gasteiger partial charge >= 0.3 is 12.1 Å². The van der Waals surface area contributed by atoms with Gasteiger partial charge in [0.05, 0.1) is 24.6 Å². The molecule has 4 saturated carbocycles. The summed E-state index contributed by atoms with van der Waals surface area (Å²) in [6.45, 7) is 29.9. The van der Waals surface area contributed by atoms with Gasteiger partial charge in [0.1, 0.15) is 16.4 Å². The first-order valence-electron chi connectivity index (χ1n) is 26.5. The molecule has 2 unspecified atom stereocenters. The summed E-state index contributed by atoms with van der Waals surface area (Å²) in [5.74, 6) is -0.915. The zero-order valence-corrected chi connectivity index (χ0v) is 49.4. The fourth-order valence-electron chi connectivity index (χ4n) is 13.5. The third kappa shape index (κ3) is 13.5. The molecule has 1 amide bonds. The van der Waals surface area contributed by atoms with Crippen LogP contribution in [0.15, 0.2) is 85.1 Å². The zero-order valence-electron chi connectivity index (χ0n) is 46.8. The monoisotopic (exact) mass is 1070 g/mol. The number of carbonyl (C=O) groups excluding carboxylic acids is 2. The smallest absolute Gasteiger partial charge is 0.410 e. The normalized spacial score (nSPS) is 23.2. The van der Waals surface area contributed by atoms with Gasteiger partial charge in [-0.15, -0.1) is 0 Å². The van der Waals surface area contributed by atoms with E-state index in [-0.39, 0.29) is 58.4 Å². The Balaban J connectivity index is 1.01. The number of nitrogens with zero attached hydrogens (tertiary/aromatic N) is 3. The highest BCUT2D eigenvalue weighted by Crippen LogP contribution is 2.72. The number of esters is 1. The number of pyridine rings is 1. The van der Waals surface area contributed by atoms with E-state index in [9.17, 15) is 18.0 Å². The van der Waals surface area contributed by atoms with Crippen molar-refractivity contribution in [1.29, 1.82) is 0 Å². The maximum atomic E-state index is 13.8. The van der Waals surface area contributed by atoms with Crippen molar-refractivity contribution in [2.24, 2.45) is 21.7 Å². The quantitative estimate of drug-likeness (QED) is 0.0364. The Morgan fingerprint density at radius 3 is 1.86 bits per heavy atom. The van der Waals surface area contributed by atoms with Gasteiger partial charge in [-0.3, -0.25) is 4.18 Å². The summed E-state index contributed by atoms with van der Waals surface area (Å²) in [6.07, 6.45) is 8.01. The fourth-order valence-corrected chi connectivity index (χ4v) is 19.3. The van der Waals surface area contributed by atoms with Crippen molar-refractivity contribution < 1.29 is 40.8 Å². The number of aromatic nitrogens is 2. The maximum absolute atomic E-state index is 13.8. The van der Waals surface area contributed by atoms with Crippen LogP contribution >= 0.6 is 11.6 Å². The van der Waals surface area contributed by atoms with Crippen LogP contribution in [0.1, 0.15) is 151 Å². The second-order valence-corrected chi connectivity index (χ2v) is 33.1. The number of halogens is 1. The van der Waals surface area contributed by atoms with Crippen LogP contribution in [0.5, 0.6) is 0 Å². The highest BCUT2D eigenvalue weighted by Gasteiger charge is 2.66. The molecule has 74 heavy (non-hydrogen) atoms. The van der Waals surface area contributed by atoms with Crippen LogP contribution in [0.3, 0.4) is 0 Å². The Morgan fingerprint density at radius 2 is 1.31 bits per heavy atom. The number of hydrogen-bond acceptors (Lipinski definition) is 10. The number of benzene rings is 2. The Kier molecular flexibility index (Phi) is 16.4. The highest BCUT2D eigenvalue weighted by molar-refractivity contribution is 7.86. The van der Waals surface area contributed by atoms with E-state index in [1.807, 2.05) is 52.8 Å². The van der Waals surface area contributed by atoms with E-state index < -0.39 is 58.5 Å². The molecule has 8 rings (SSSR count). The van der Waals surface area contributed by atoms with Crippen molar-refractivity contribution >= 4 is 52.5 Å². The molecule has 0 radical (unpaired) electrons. The molecular weight excluding hydrogens is 990 g/mol. The minimum atomic E-state index is -4.06. The Hall–Kier alpha value is -4.05. The fraction of sp³-hybridized carbons (Fsp3) is 0.610. The summed E-state index contributed by atoms with van der Waals surface area (Å²) in [4.78, 5) is 33.1. The van der Waals surface area contributed by atoms with Gasteiger partial charge in [-0.05, 0) is 149 Å². The molecule has 4 aliphatic carbocycles. The van der Waals surface area contributed by atoms with E-state index >= 15 is 0 Å². The Bertz CT molecular complexity index is 2690. The van der Waals surface area contributed by atoms with Crippen LogP contribution in [0.2, 0.25) is 10.2 Å². The van der Waals surface area contributed by atoms with E-state index in [1.165, 1.54) is 15.3 Å². The third-order valence-corrected chi connectivity index (χ3v) is 21.7. The topological polar surface area (TPSA) is 135 Å². The Labute approximate surface area is 448 Å². The van der Waals surface area contributed by atoms with E-state index in [2.05, 4.69) is 112 Å². The van der Waals surface area contributed by atoms with Crippen LogP contribution < -0.4 is 10.4 Å². The molecule has 12 nitrogen and oxygen atoms in total. The molecular formula is C59H84ClN3O9SSi. The van der Waals surface area contributed by atoms with Gasteiger partial charge in [-0.2, -0.15) is 8.42 Å². The summed E-state index contributed by atoms with van der Waals surface area (Å²) < 4.78 is 61.3. The Morgan fingerprint density at radius 1 is 0.730 bits per heavy atom. The molecule has 4 aromatic rings. The average molecular weight is 1070 g/mol. The second-order valence-electron chi connectivity index (χ2n) is 26.6. The molecule has 0 N–H and O–H groups in total. The lowest BCUT2D eigenvalue weighted by Crippen LogP contribution is -2.66. The molecule has 2 aromatic carbocycles. The van der Waals surface area contributed by atoms with Gasteiger partial charge in [0.15, 0.2) is 5.69 Å². The maximum Gasteiger partial charge on any atom is 0.410 e. The lowest BCUT2D eigenvalue weighted by atomic mass is 9.39. The van der Waals surface area contributed by atoms with E-state index in [0.717, 1.165) is 56.3 Å². The van der Waals surface area contributed by atoms with Gasteiger partial charge in [0.2, 0.25) is 0 Å². The summed E-state index contributed by atoms with van der Waals surface area (Å²) in [5.41, 5.74) is 0.371. The first kappa shape index (κ1) is 57.6. The molecule has 4 bridgehead atoms. The van der Waals surface area contributed by atoms with Gasteiger partial charge in [0.25, 0.3) is 18.4 Å². The second kappa shape index (κ2) is 21.1. The molecule has 2 atom stereocenters. The minimum Gasteiger partial charge on any atom is -0.455 e. The molecule has 0 aliphatic heterocycles. The SMILES string of the molecule is Cc1c(-c2ccc(Cl)nc2C(=O)OC(C)(C)C)ccn1CC12CC3(C)CC(C)(C1)CC(OCCN(CCS(=O)(=O)OCC(C)(C)CCO[Si](c1ccccc1)(c1ccccc1)C(C)(C)C)C(=O)OC(C)(C)C)(C3)C2. The van der Waals surface area contributed by atoms with E-state index in [4.69, 9.17) is 34.4 Å². The molecule has 2 heterocycles. The van der Waals surface area contributed by atoms with Gasteiger partial charge in [-0.1, -0.05) is 121 Å². The standard InChI is InChI=1S/C59H84ClN3O9SSi/c1-43-46(47-25-26-48(60)61-49(47)50(64)71-52(2,3)4)27-29-63(43)41-58-36-56(13)35-57(14,37-58)39-59(38-56,40-58)68-33-30-62(51(65)72-53(5,6)7)31-34-73(66,67)69-42-55(11,12)28-32-70-74(54(8,9)10,44-21-17-15-18-22-44)45-23-19-16-20-24-45/h15-27,29H,28,30-42H2,1-14H3. The molecule has 2 aromatic heterocycles. The lowest BCUT2D eigenvalue weighted by Gasteiger charge is -2.69. The van der Waals surface area contributed by atoms with Gasteiger partial charge in [0, 0.05) is 49.3 Å². The molecule has 4 aliphatic rings. The van der Waals surface area contributed by atoms with E-state index in [0.29, 0.717) is 18.6 Å². The zero-order chi connectivity index (χ0) is 54.4. The van der Waals surface area contributed by atoms with Crippen molar-refractivity contribution in [3.05, 3.63) is 102 Å². The summed E-state index contributed by atoms with van der Waals surface area (Å²) in [6, 6.07) is 26.5. The van der Waals surface area contributed by atoms with Crippen LogP contribution in [0, 0.1) is 28.6 Å². The first-order valence-corrected chi connectivity index (χ1v) is 30.3. The first-order chi connectivity index (χ1) is 34.2. The van der Waals surface area contributed by atoms with Crippen molar-refractivity contribution in [2.75, 3.05) is 38.7 Å². The summed E-state index contributed by atoms with van der Waals surface area (Å²) >= 11 is 6.33. The van der Waals surface area contributed by atoms with Gasteiger partial charge in [-0.25, -0.2) is 14.6 Å². The predicted octanol–water partition coefficient (Wildman–Crippen LogP) is 12.2. The minimum absolute atomic E-state index is 0.0356. The van der Waals surface area contributed by atoms with Crippen LogP contribution in [-0.4, -0.2) is 98.7 Å². The summed E-state index contributed by atoms with van der Waals surface area (Å²) in [5, 5.41) is 2.40. The van der Waals surface area contributed by atoms with E-state index in [1.54, 1.807) is 26.8 Å².